The Balaban J connectivity index is 1.29. The van der Waals surface area contributed by atoms with E-state index in [0.29, 0.717) is 31.2 Å². The molecule has 2 aromatic carbocycles. The van der Waals surface area contributed by atoms with Crippen molar-refractivity contribution in [2.45, 2.75) is 63.3 Å². The van der Waals surface area contributed by atoms with Gasteiger partial charge in [0.25, 0.3) is 10.0 Å². The Morgan fingerprint density at radius 1 is 0.974 bits per heavy atom. The summed E-state index contributed by atoms with van der Waals surface area (Å²) >= 11 is 0. The molecule has 3 aromatic rings. The summed E-state index contributed by atoms with van der Waals surface area (Å²) in [5, 5.41) is 6.73. The molecule has 0 aliphatic heterocycles. The lowest BCUT2D eigenvalue weighted by molar-refractivity contribution is 0.233. The van der Waals surface area contributed by atoms with Crippen molar-refractivity contribution < 1.29 is 18.0 Å². The molecule has 1 fully saturated rings. The molecular weight excluding hydrogens is 514 g/mol. The van der Waals surface area contributed by atoms with E-state index in [0.717, 1.165) is 48.6 Å². The van der Waals surface area contributed by atoms with Crippen LogP contribution in [-0.4, -0.2) is 44.6 Å². The molecule has 0 unspecified atom stereocenters. The number of rotatable bonds is 9. The van der Waals surface area contributed by atoms with Gasteiger partial charge < -0.3 is 10.6 Å². The summed E-state index contributed by atoms with van der Waals surface area (Å²) < 4.78 is 27.4. The van der Waals surface area contributed by atoms with Crippen molar-refractivity contribution in [3.63, 3.8) is 0 Å². The molecule has 0 atom stereocenters. The second-order valence-electron chi connectivity index (χ2n) is 10.2. The second-order valence-corrected chi connectivity index (χ2v) is 11.9. The molecule has 1 aliphatic rings. The van der Waals surface area contributed by atoms with Crippen LogP contribution < -0.4 is 20.3 Å². The van der Waals surface area contributed by atoms with Crippen molar-refractivity contribution in [2.24, 2.45) is 5.92 Å². The number of fused-ring (bicyclic) bond motifs is 1. The van der Waals surface area contributed by atoms with Gasteiger partial charge in [0, 0.05) is 24.5 Å². The van der Waals surface area contributed by atoms with Gasteiger partial charge in [0.15, 0.2) is 0 Å². The average Bonchev–Trinajstić information content (AvgIpc) is 2.92. The summed E-state index contributed by atoms with van der Waals surface area (Å²) in [6.07, 6.45) is 5.06. The number of para-hydroxylation sites is 1. The summed E-state index contributed by atoms with van der Waals surface area (Å²) in [4.78, 5) is 31.5. The molecule has 10 heteroatoms. The van der Waals surface area contributed by atoms with Crippen molar-refractivity contribution in [2.75, 3.05) is 18.0 Å². The van der Waals surface area contributed by atoms with Gasteiger partial charge in [0.2, 0.25) is 0 Å². The lowest BCUT2D eigenvalue weighted by atomic mass is 9.87. The van der Waals surface area contributed by atoms with Crippen LogP contribution in [0.1, 0.15) is 51.5 Å². The molecule has 4 rings (SSSR count). The monoisotopic (exact) mass is 551 g/mol. The van der Waals surface area contributed by atoms with Crippen LogP contribution in [0, 0.1) is 5.92 Å². The highest BCUT2D eigenvalue weighted by atomic mass is 32.2. The molecule has 0 spiro atoms. The van der Waals surface area contributed by atoms with Crippen LogP contribution in [0.4, 0.5) is 15.4 Å². The molecule has 1 heterocycles. The molecule has 0 radical (unpaired) electrons. The van der Waals surface area contributed by atoms with Crippen LogP contribution in [-0.2, 0) is 16.4 Å². The minimum Gasteiger partial charge on any atom is -0.337 e. The van der Waals surface area contributed by atoms with E-state index in [2.05, 4.69) is 27.3 Å². The van der Waals surface area contributed by atoms with Crippen LogP contribution in [0.5, 0.6) is 0 Å². The highest BCUT2D eigenvalue weighted by Crippen LogP contribution is 2.23. The van der Waals surface area contributed by atoms with Crippen molar-refractivity contribution in [3.8, 4) is 0 Å². The number of sulfonamides is 1. The third-order valence-corrected chi connectivity index (χ3v) is 8.40. The number of nitrogens with zero attached hydrogens (tertiary/aromatic N) is 2. The smallest absolute Gasteiger partial charge is 0.328 e. The molecule has 1 aliphatic carbocycles. The first kappa shape index (κ1) is 28.4. The fourth-order valence-corrected chi connectivity index (χ4v) is 5.71. The molecule has 1 aromatic heterocycles. The van der Waals surface area contributed by atoms with Gasteiger partial charge in [-0.2, -0.15) is 0 Å². The first-order valence-electron chi connectivity index (χ1n) is 13.6. The van der Waals surface area contributed by atoms with Crippen LogP contribution in [0.15, 0.2) is 65.6 Å². The zero-order valence-corrected chi connectivity index (χ0v) is 23.3. The summed E-state index contributed by atoms with van der Waals surface area (Å²) in [5.74, 6) is 1.23. The SMILES string of the molecule is CCCN(C(=O)NCCc1ccc(S(=O)(=O)NC(=O)NC2CCC(C)CC2)cc1)c1ccc2ccccc2n1. The molecule has 0 bridgehead atoms. The van der Waals surface area contributed by atoms with E-state index in [9.17, 15) is 18.0 Å². The highest BCUT2D eigenvalue weighted by molar-refractivity contribution is 7.90. The fraction of sp³-hybridized carbons (Fsp3) is 0.414. The van der Waals surface area contributed by atoms with E-state index in [1.165, 1.54) is 12.1 Å². The number of carbonyl (C=O) groups is 2. The molecule has 9 nitrogen and oxygen atoms in total. The summed E-state index contributed by atoms with van der Waals surface area (Å²) in [6, 6.07) is 17.0. The van der Waals surface area contributed by atoms with Crippen LogP contribution in [0.25, 0.3) is 10.9 Å². The van der Waals surface area contributed by atoms with Crippen molar-refractivity contribution >= 4 is 38.8 Å². The average molecular weight is 552 g/mol. The zero-order chi connectivity index (χ0) is 27.8. The molecule has 4 amide bonds. The number of aromatic nitrogens is 1. The number of carbonyl (C=O) groups excluding carboxylic acids is 2. The first-order valence-corrected chi connectivity index (χ1v) is 15.1. The maximum atomic E-state index is 13.0. The van der Waals surface area contributed by atoms with Gasteiger partial charge in [-0.15, -0.1) is 0 Å². The predicted octanol–water partition coefficient (Wildman–Crippen LogP) is 4.97. The third-order valence-electron chi connectivity index (χ3n) is 7.05. The van der Waals surface area contributed by atoms with E-state index in [1.54, 1.807) is 17.0 Å². The number of benzene rings is 2. The van der Waals surface area contributed by atoms with Gasteiger partial charge in [-0.1, -0.05) is 44.2 Å². The fourth-order valence-electron chi connectivity index (χ4n) is 4.79. The number of amides is 4. The van der Waals surface area contributed by atoms with Gasteiger partial charge in [0.1, 0.15) is 5.82 Å². The Labute approximate surface area is 230 Å². The van der Waals surface area contributed by atoms with Crippen LogP contribution >= 0.6 is 0 Å². The maximum absolute atomic E-state index is 13.0. The van der Waals surface area contributed by atoms with Gasteiger partial charge in [-0.05, 0) is 80.3 Å². The van der Waals surface area contributed by atoms with E-state index >= 15 is 0 Å². The number of hydrogen-bond donors (Lipinski definition) is 3. The Hall–Kier alpha value is -3.66. The summed E-state index contributed by atoms with van der Waals surface area (Å²) in [5.41, 5.74) is 1.69. The maximum Gasteiger partial charge on any atom is 0.328 e. The molecule has 1 saturated carbocycles. The quantitative estimate of drug-likeness (QED) is 0.347. The van der Waals surface area contributed by atoms with Gasteiger partial charge in [-0.3, -0.25) is 4.90 Å². The van der Waals surface area contributed by atoms with Crippen molar-refractivity contribution in [1.82, 2.24) is 20.3 Å². The van der Waals surface area contributed by atoms with Gasteiger partial charge in [0.05, 0.1) is 10.4 Å². The van der Waals surface area contributed by atoms with Crippen molar-refractivity contribution in [1.29, 1.82) is 0 Å². The van der Waals surface area contributed by atoms with E-state index in [-0.39, 0.29) is 17.0 Å². The third kappa shape index (κ3) is 7.69. The summed E-state index contributed by atoms with van der Waals surface area (Å²) in [7, 11) is -3.98. The van der Waals surface area contributed by atoms with Crippen molar-refractivity contribution in [3.05, 3.63) is 66.2 Å². The Bertz CT molecular complexity index is 1390. The first-order chi connectivity index (χ1) is 18.7. The minimum atomic E-state index is -3.98. The molecule has 3 N–H and O–H groups in total. The topological polar surface area (TPSA) is 121 Å². The van der Waals surface area contributed by atoms with E-state index in [4.69, 9.17) is 0 Å². The molecular formula is C29H37N5O4S. The number of nitrogens with one attached hydrogen (secondary N) is 3. The minimum absolute atomic E-state index is 0.000690. The summed E-state index contributed by atoms with van der Waals surface area (Å²) in [6.45, 7) is 5.10. The second kappa shape index (κ2) is 12.9. The van der Waals surface area contributed by atoms with Gasteiger partial charge >= 0.3 is 12.1 Å². The Morgan fingerprint density at radius 2 is 1.69 bits per heavy atom. The van der Waals surface area contributed by atoms with Crippen LogP contribution in [0.2, 0.25) is 0 Å². The van der Waals surface area contributed by atoms with Crippen LogP contribution in [0.3, 0.4) is 0 Å². The Kier molecular flexibility index (Phi) is 9.40. The van der Waals surface area contributed by atoms with E-state index in [1.807, 2.05) is 43.3 Å². The molecule has 0 saturated heterocycles. The van der Waals surface area contributed by atoms with Gasteiger partial charge in [-0.25, -0.2) is 27.7 Å². The lowest BCUT2D eigenvalue weighted by Crippen LogP contribution is -2.45. The normalized spacial score (nSPS) is 17.4. The number of anilines is 1. The highest BCUT2D eigenvalue weighted by Gasteiger charge is 2.23. The zero-order valence-electron chi connectivity index (χ0n) is 22.5. The molecule has 39 heavy (non-hydrogen) atoms. The number of pyridine rings is 1. The lowest BCUT2D eigenvalue weighted by Gasteiger charge is -2.26. The number of hydrogen-bond acceptors (Lipinski definition) is 5. The largest absolute Gasteiger partial charge is 0.337 e. The van der Waals surface area contributed by atoms with E-state index < -0.39 is 16.1 Å². The Morgan fingerprint density at radius 3 is 2.41 bits per heavy atom. The molecule has 208 valence electrons. The number of urea groups is 2. The predicted molar refractivity (Wildman–Crippen MR) is 153 cm³/mol. The standard InChI is InChI=1S/C29H37N5O4S/c1-3-20-34(27-17-12-23-6-4-5-7-26(23)32-27)29(36)30-19-18-22-10-15-25(16-11-22)39(37,38)33-28(35)31-24-13-8-21(2)9-14-24/h4-7,10-12,15-17,21,24H,3,8-9,13-14,18-20H2,1-2H3,(H,30,36)(H2,31,33,35).